The minimum absolute atomic E-state index is 0.268. The standard InChI is InChI=1S/C21H23N5O2/c1-15-4-3-5-19(14-15)26-16(2)20(23-24-26)21(27)22-17-6-8-18(9-7-17)25-10-12-28-13-11-25/h3-9,14H,10-13H2,1-2H3,(H,22,27). The number of hydrogen-bond donors (Lipinski definition) is 1. The van der Waals surface area contributed by atoms with Crippen LogP contribution in [0.3, 0.4) is 0 Å². The summed E-state index contributed by atoms with van der Waals surface area (Å²) < 4.78 is 7.07. The highest BCUT2D eigenvalue weighted by atomic mass is 16.5. The van der Waals surface area contributed by atoms with E-state index in [9.17, 15) is 4.79 Å². The third-order valence-electron chi connectivity index (χ3n) is 4.86. The van der Waals surface area contributed by atoms with Crippen molar-refractivity contribution in [3.05, 3.63) is 65.5 Å². The summed E-state index contributed by atoms with van der Waals surface area (Å²) in [5.74, 6) is -0.268. The molecular weight excluding hydrogens is 354 g/mol. The van der Waals surface area contributed by atoms with Gasteiger partial charge in [-0.3, -0.25) is 4.79 Å². The van der Waals surface area contributed by atoms with Crippen molar-refractivity contribution in [2.45, 2.75) is 13.8 Å². The Morgan fingerprint density at radius 1 is 1.04 bits per heavy atom. The van der Waals surface area contributed by atoms with Gasteiger partial charge in [-0.25, -0.2) is 4.68 Å². The molecule has 1 aliphatic heterocycles. The van der Waals surface area contributed by atoms with Gasteiger partial charge in [0.05, 0.1) is 24.6 Å². The summed E-state index contributed by atoms with van der Waals surface area (Å²) >= 11 is 0. The van der Waals surface area contributed by atoms with Crippen LogP contribution >= 0.6 is 0 Å². The normalized spacial score (nSPS) is 14.1. The fourth-order valence-corrected chi connectivity index (χ4v) is 3.31. The zero-order chi connectivity index (χ0) is 19.5. The van der Waals surface area contributed by atoms with Crippen LogP contribution in [0.15, 0.2) is 48.5 Å². The van der Waals surface area contributed by atoms with Crippen LogP contribution in [0.2, 0.25) is 0 Å². The van der Waals surface area contributed by atoms with E-state index in [-0.39, 0.29) is 5.91 Å². The molecule has 144 valence electrons. The van der Waals surface area contributed by atoms with E-state index in [1.807, 2.05) is 62.4 Å². The van der Waals surface area contributed by atoms with Crippen LogP contribution in [0.1, 0.15) is 21.7 Å². The molecule has 1 aromatic heterocycles. The highest BCUT2D eigenvalue weighted by Gasteiger charge is 2.18. The largest absolute Gasteiger partial charge is 0.378 e. The van der Waals surface area contributed by atoms with Crippen molar-refractivity contribution in [3.8, 4) is 5.69 Å². The minimum atomic E-state index is -0.268. The number of amides is 1. The van der Waals surface area contributed by atoms with E-state index < -0.39 is 0 Å². The summed E-state index contributed by atoms with van der Waals surface area (Å²) in [6.07, 6.45) is 0. The number of aromatic nitrogens is 3. The molecule has 2 aromatic carbocycles. The number of ether oxygens (including phenoxy) is 1. The number of carbonyl (C=O) groups is 1. The number of nitrogens with one attached hydrogen (secondary N) is 1. The molecule has 1 amide bonds. The number of rotatable bonds is 4. The molecule has 1 saturated heterocycles. The minimum Gasteiger partial charge on any atom is -0.378 e. The quantitative estimate of drug-likeness (QED) is 0.757. The van der Waals surface area contributed by atoms with Gasteiger partial charge in [-0.05, 0) is 55.8 Å². The van der Waals surface area contributed by atoms with Gasteiger partial charge in [0.2, 0.25) is 0 Å². The molecule has 1 aliphatic rings. The van der Waals surface area contributed by atoms with E-state index in [0.29, 0.717) is 11.4 Å². The van der Waals surface area contributed by atoms with E-state index >= 15 is 0 Å². The van der Waals surface area contributed by atoms with Crippen LogP contribution in [0.5, 0.6) is 0 Å². The lowest BCUT2D eigenvalue weighted by molar-refractivity contribution is 0.102. The first kappa shape index (κ1) is 18.2. The van der Waals surface area contributed by atoms with Crippen molar-refractivity contribution < 1.29 is 9.53 Å². The lowest BCUT2D eigenvalue weighted by atomic mass is 10.2. The highest BCUT2D eigenvalue weighted by molar-refractivity contribution is 6.03. The van der Waals surface area contributed by atoms with Gasteiger partial charge < -0.3 is 15.0 Å². The molecule has 0 spiro atoms. The van der Waals surface area contributed by atoms with Crippen LogP contribution in [0, 0.1) is 13.8 Å². The van der Waals surface area contributed by atoms with Gasteiger partial charge in [0.1, 0.15) is 0 Å². The summed E-state index contributed by atoms with van der Waals surface area (Å²) in [6, 6.07) is 15.8. The molecule has 7 nitrogen and oxygen atoms in total. The van der Waals surface area contributed by atoms with Crippen molar-refractivity contribution in [2.24, 2.45) is 0 Å². The second kappa shape index (κ2) is 7.82. The van der Waals surface area contributed by atoms with Gasteiger partial charge in [0, 0.05) is 24.5 Å². The monoisotopic (exact) mass is 377 g/mol. The maximum atomic E-state index is 12.7. The Morgan fingerprint density at radius 2 is 1.79 bits per heavy atom. The first-order valence-corrected chi connectivity index (χ1v) is 9.35. The predicted molar refractivity (Wildman–Crippen MR) is 108 cm³/mol. The summed E-state index contributed by atoms with van der Waals surface area (Å²) in [7, 11) is 0. The van der Waals surface area contributed by atoms with E-state index in [0.717, 1.165) is 48.9 Å². The number of nitrogens with zero attached hydrogens (tertiary/aromatic N) is 4. The lowest BCUT2D eigenvalue weighted by Crippen LogP contribution is -2.36. The third kappa shape index (κ3) is 3.75. The molecule has 4 rings (SSSR count). The van der Waals surface area contributed by atoms with E-state index in [2.05, 4.69) is 20.5 Å². The highest BCUT2D eigenvalue weighted by Crippen LogP contribution is 2.20. The van der Waals surface area contributed by atoms with Crippen LogP contribution in [-0.2, 0) is 4.74 Å². The number of carbonyl (C=O) groups excluding carboxylic acids is 1. The Kier molecular flexibility index (Phi) is 5.08. The summed E-state index contributed by atoms with van der Waals surface area (Å²) in [4.78, 5) is 14.9. The van der Waals surface area contributed by atoms with Crippen LogP contribution in [0.25, 0.3) is 5.69 Å². The van der Waals surface area contributed by atoms with E-state index in [1.165, 1.54) is 0 Å². The number of aryl methyl sites for hydroxylation is 1. The Balaban J connectivity index is 1.48. The Hall–Kier alpha value is -3.19. The average molecular weight is 377 g/mol. The van der Waals surface area contributed by atoms with Crippen molar-refractivity contribution in [1.82, 2.24) is 15.0 Å². The number of hydrogen-bond acceptors (Lipinski definition) is 5. The molecule has 0 bridgehead atoms. The van der Waals surface area contributed by atoms with Crippen LogP contribution < -0.4 is 10.2 Å². The van der Waals surface area contributed by atoms with Gasteiger partial charge >= 0.3 is 0 Å². The second-order valence-electron chi connectivity index (χ2n) is 6.87. The molecule has 2 heterocycles. The Bertz CT molecular complexity index is 975. The number of anilines is 2. The van der Waals surface area contributed by atoms with Crippen LogP contribution in [-0.4, -0.2) is 47.2 Å². The molecule has 0 saturated carbocycles. The number of benzene rings is 2. The van der Waals surface area contributed by atoms with Crippen molar-refractivity contribution in [3.63, 3.8) is 0 Å². The fraction of sp³-hybridized carbons (Fsp3) is 0.286. The van der Waals surface area contributed by atoms with Gasteiger partial charge in [-0.1, -0.05) is 17.3 Å². The Morgan fingerprint density at radius 3 is 2.50 bits per heavy atom. The summed E-state index contributed by atoms with van der Waals surface area (Å²) in [6.45, 7) is 7.12. The van der Waals surface area contributed by atoms with Crippen molar-refractivity contribution in [1.29, 1.82) is 0 Å². The maximum Gasteiger partial charge on any atom is 0.278 e. The SMILES string of the molecule is Cc1cccc(-n2nnc(C(=O)Nc3ccc(N4CCOCC4)cc3)c2C)c1. The molecule has 0 atom stereocenters. The first-order valence-electron chi connectivity index (χ1n) is 9.35. The molecule has 3 aromatic rings. The summed E-state index contributed by atoms with van der Waals surface area (Å²) in [5.41, 5.74) is 4.89. The molecule has 0 aliphatic carbocycles. The summed E-state index contributed by atoms with van der Waals surface area (Å²) in [5, 5.41) is 11.1. The molecule has 7 heteroatoms. The van der Waals surface area contributed by atoms with E-state index in [4.69, 9.17) is 4.74 Å². The first-order chi connectivity index (χ1) is 13.6. The van der Waals surface area contributed by atoms with E-state index in [1.54, 1.807) is 4.68 Å². The smallest absolute Gasteiger partial charge is 0.278 e. The molecule has 1 N–H and O–H groups in total. The van der Waals surface area contributed by atoms with Gasteiger partial charge in [0.15, 0.2) is 5.69 Å². The molecule has 0 unspecified atom stereocenters. The molecule has 28 heavy (non-hydrogen) atoms. The maximum absolute atomic E-state index is 12.7. The zero-order valence-electron chi connectivity index (χ0n) is 16.1. The zero-order valence-corrected chi connectivity index (χ0v) is 16.1. The van der Waals surface area contributed by atoms with Gasteiger partial charge in [-0.2, -0.15) is 0 Å². The van der Waals surface area contributed by atoms with Crippen molar-refractivity contribution >= 4 is 17.3 Å². The number of morpholine rings is 1. The lowest BCUT2D eigenvalue weighted by Gasteiger charge is -2.28. The second-order valence-corrected chi connectivity index (χ2v) is 6.87. The molecule has 0 radical (unpaired) electrons. The van der Waals surface area contributed by atoms with Crippen molar-refractivity contribution in [2.75, 3.05) is 36.5 Å². The fourth-order valence-electron chi connectivity index (χ4n) is 3.31. The Labute approximate surface area is 163 Å². The predicted octanol–water partition coefficient (Wildman–Crippen LogP) is 2.97. The molecular formula is C21H23N5O2. The van der Waals surface area contributed by atoms with Gasteiger partial charge in [0.25, 0.3) is 5.91 Å². The third-order valence-corrected chi connectivity index (χ3v) is 4.86. The van der Waals surface area contributed by atoms with Gasteiger partial charge in [-0.15, -0.1) is 5.10 Å². The average Bonchev–Trinajstić information content (AvgIpc) is 3.11. The van der Waals surface area contributed by atoms with Crippen LogP contribution in [0.4, 0.5) is 11.4 Å². The molecule has 1 fully saturated rings. The topological polar surface area (TPSA) is 72.3 Å².